The summed E-state index contributed by atoms with van der Waals surface area (Å²) in [5, 5.41) is 26.6. The summed E-state index contributed by atoms with van der Waals surface area (Å²) >= 11 is 3.09. The summed E-state index contributed by atoms with van der Waals surface area (Å²) in [7, 11) is 0. The first-order chi connectivity index (χ1) is 21.9. The number of nitrogens with zero attached hydrogens (tertiary/aromatic N) is 2. The van der Waals surface area contributed by atoms with Crippen molar-refractivity contribution in [1.29, 1.82) is 0 Å². The SMILES string of the molecule is CC(C)(C)OC(=O)N1CCS[C@@H]1C(=O)NC(CNC(=O)c1ccccc1O)C(Cc1ccc([N+](=O)[O-])cc1)SCC1CCCCC1. The number of rotatable bonds is 12. The van der Waals surface area contributed by atoms with Gasteiger partial charge in [-0.3, -0.25) is 24.6 Å². The highest BCUT2D eigenvalue weighted by atomic mass is 32.2. The lowest BCUT2D eigenvalue weighted by Gasteiger charge is -2.32. The largest absolute Gasteiger partial charge is 0.507 e. The number of nitrogens with one attached hydrogen (secondary N) is 2. The Bertz CT molecular complexity index is 1360. The highest BCUT2D eigenvalue weighted by Crippen LogP contribution is 2.32. The number of amides is 3. The van der Waals surface area contributed by atoms with E-state index < -0.39 is 33.9 Å². The molecular weight excluding hydrogens is 629 g/mol. The number of hydrogen-bond donors (Lipinski definition) is 3. The molecule has 0 spiro atoms. The minimum absolute atomic E-state index is 0.00423. The van der Waals surface area contributed by atoms with Crippen molar-refractivity contribution in [3.05, 3.63) is 69.8 Å². The second-order valence-electron chi connectivity index (χ2n) is 12.7. The number of nitro benzene ring substituents is 1. The number of hydrogen-bond acceptors (Lipinski definition) is 9. The third-order valence-corrected chi connectivity index (χ3v) is 10.8. The van der Waals surface area contributed by atoms with Crippen LogP contribution in [-0.2, 0) is 16.0 Å². The van der Waals surface area contributed by atoms with Crippen LogP contribution in [0.5, 0.6) is 5.75 Å². The van der Waals surface area contributed by atoms with Gasteiger partial charge in [0.1, 0.15) is 11.4 Å². The van der Waals surface area contributed by atoms with Gasteiger partial charge in [-0.15, -0.1) is 11.8 Å². The number of ether oxygens (including phenoxy) is 1. The Morgan fingerprint density at radius 3 is 2.46 bits per heavy atom. The molecule has 2 aromatic rings. The number of thioether (sulfide) groups is 2. The predicted octanol–water partition coefficient (Wildman–Crippen LogP) is 5.75. The molecule has 46 heavy (non-hydrogen) atoms. The first-order valence-electron chi connectivity index (χ1n) is 15.7. The lowest BCUT2D eigenvalue weighted by Crippen LogP contribution is -2.55. The molecule has 0 aromatic heterocycles. The van der Waals surface area contributed by atoms with Gasteiger partial charge in [0.2, 0.25) is 0 Å². The molecule has 13 heteroatoms. The first-order valence-corrected chi connectivity index (χ1v) is 17.8. The Morgan fingerprint density at radius 1 is 1.11 bits per heavy atom. The molecule has 250 valence electrons. The number of benzene rings is 2. The molecule has 0 bridgehead atoms. The van der Waals surface area contributed by atoms with E-state index in [1.165, 1.54) is 60.2 Å². The number of phenolic OH excluding ortho intramolecular Hbond substituents is 1. The molecular formula is C33H44N4O7S2. The van der Waals surface area contributed by atoms with Crippen LogP contribution in [-0.4, -0.2) is 79.7 Å². The summed E-state index contributed by atoms with van der Waals surface area (Å²) in [6, 6.07) is 12.1. The van der Waals surface area contributed by atoms with Crippen LogP contribution in [0.15, 0.2) is 48.5 Å². The minimum atomic E-state index is -0.797. The standard InChI is InChI=1S/C33H44N4O7S2/c1-33(2,3)44-32(41)36-17-18-45-31(36)30(40)35-26(20-34-29(39)25-11-7-8-12-27(25)38)28(46-21-23-9-5-4-6-10-23)19-22-13-15-24(16-14-22)37(42)43/h7-8,11-16,23,26,28,31,38H,4-6,9-10,17-21H2,1-3H3,(H,34,39)(H,35,40)/t26?,28?,31-/m1/s1. The third-order valence-electron chi connectivity index (χ3n) is 8.01. The van der Waals surface area contributed by atoms with E-state index in [2.05, 4.69) is 10.6 Å². The second-order valence-corrected chi connectivity index (χ2v) is 15.2. The smallest absolute Gasteiger partial charge is 0.411 e. The number of aromatic hydroxyl groups is 1. The number of nitro groups is 1. The summed E-state index contributed by atoms with van der Waals surface area (Å²) in [6.07, 6.45) is 5.82. The van der Waals surface area contributed by atoms with Gasteiger partial charge in [0.25, 0.3) is 17.5 Å². The van der Waals surface area contributed by atoms with Crippen LogP contribution in [0, 0.1) is 16.0 Å². The van der Waals surface area contributed by atoms with Crippen LogP contribution >= 0.6 is 23.5 Å². The molecule has 1 heterocycles. The van der Waals surface area contributed by atoms with E-state index in [1.807, 2.05) is 0 Å². The van der Waals surface area contributed by atoms with Crippen LogP contribution in [0.25, 0.3) is 0 Å². The van der Waals surface area contributed by atoms with E-state index >= 15 is 0 Å². The predicted molar refractivity (Wildman–Crippen MR) is 181 cm³/mol. The first kappa shape index (κ1) is 35.4. The Kier molecular flexibility index (Phi) is 12.6. The van der Waals surface area contributed by atoms with Gasteiger partial charge in [0.05, 0.1) is 16.5 Å². The quantitative estimate of drug-likeness (QED) is 0.189. The van der Waals surface area contributed by atoms with Crippen LogP contribution < -0.4 is 10.6 Å². The van der Waals surface area contributed by atoms with Gasteiger partial charge in [0, 0.05) is 36.2 Å². The normalized spacial score (nSPS) is 18.4. The maximum absolute atomic E-state index is 13.9. The van der Waals surface area contributed by atoms with Crippen molar-refractivity contribution in [3.8, 4) is 5.75 Å². The average Bonchev–Trinajstić information content (AvgIpc) is 3.52. The number of carbonyl (C=O) groups excluding carboxylic acids is 3. The summed E-state index contributed by atoms with van der Waals surface area (Å²) in [4.78, 5) is 52.2. The van der Waals surface area contributed by atoms with Gasteiger partial charge in [-0.05, 0) is 69.4 Å². The summed E-state index contributed by atoms with van der Waals surface area (Å²) in [6.45, 7) is 5.77. The monoisotopic (exact) mass is 672 g/mol. The molecule has 3 N–H and O–H groups in total. The fourth-order valence-electron chi connectivity index (χ4n) is 5.60. The Labute approximate surface area is 278 Å². The number of para-hydroxylation sites is 1. The molecule has 11 nitrogen and oxygen atoms in total. The molecule has 2 aromatic carbocycles. The third kappa shape index (κ3) is 10.3. The van der Waals surface area contributed by atoms with Crippen molar-refractivity contribution in [2.45, 2.75) is 81.6 Å². The maximum atomic E-state index is 13.9. The van der Waals surface area contributed by atoms with Gasteiger partial charge >= 0.3 is 6.09 Å². The molecule has 1 saturated carbocycles. The lowest BCUT2D eigenvalue weighted by atomic mass is 9.91. The number of phenols is 1. The van der Waals surface area contributed by atoms with E-state index in [4.69, 9.17) is 4.74 Å². The summed E-state index contributed by atoms with van der Waals surface area (Å²) < 4.78 is 5.57. The molecule has 1 aliphatic heterocycles. The molecule has 1 saturated heterocycles. The topological polar surface area (TPSA) is 151 Å². The zero-order chi connectivity index (χ0) is 33.3. The molecule has 1 aliphatic carbocycles. The number of non-ortho nitro benzene ring substituents is 1. The second kappa shape index (κ2) is 16.4. The molecule has 0 radical (unpaired) electrons. The van der Waals surface area contributed by atoms with Gasteiger partial charge in [-0.1, -0.05) is 43.5 Å². The lowest BCUT2D eigenvalue weighted by molar-refractivity contribution is -0.384. The van der Waals surface area contributed by atoms with E-state index in [0.717, 1.165) is 24.2 Å². The van der Waals surface area contributed by atoms with Gasteiger partial charge < -0.3 is 20.5 Å². The van der Waals surface area contributed by atoms with Gasteiger partial charge in [0.15, 0.2) is 5.37 Å². The van der Waals surface area contributed by atoms with Gasteiger partial charge in [-0.2, -0.15) is 11.8 Å². The molecule has 2 aliphatic rings. The highest BCUT2D eigenvalue weighted by molar-refractivity contribution is 8.00. The summed E-state index contributed by atoms with van der Waals surface area (Å²) in [5.41, 5.74) is 0.267. The highest BCUT2D eigenvalue weighted by Gasteiger charge is 2.39. The minimum Gasteiger partial charge on any atom is -0.507 e. The van der Waals surface area contributed by atoms with Crippen molar-refractivity contribution in [2.24, 2.45) is 5.92 Å². The van der Waals surface area contributed by atoms with E-state index in [1.54, 1.807) is 56.8 Å². The van der Waals surface area contributed by atoms with Crippen molar-refractivity contribution in [1.82, 2.24) is 15.5 Å². The van der Waals surface area contributed by atoms with Crippen LogP contribution in [0.2, 0.25) is 0 Å². The molecule has 3 amide bonds. The van der Waals surface area contributed by atoms with Gasteiger partial charge in [-0.25, -0.2) is 4.79 Å². The van der Waals surface area contributed by atoms with E-state index in [-0.39, 0.29) is 34.7 Å². The van der Waals surface area contributed by atoms with Crippen molar-refractivity contribution in [2.75, 3.05) is 24.6 Å². The molecule has 2 fully saturated rings. The zero-order valence-electron chi connectivity index (χ0n) is 26.6. The van der Waals surface area contributed by atoms with Crippen LogP contribution in [0.3, 0.4) is 0 Å². The Morgan fingerprint density at radius 2 is 1.80 bits per heavy atom. The molecule has 2 unspecified atom stereocenters. The van der Waals surface area contributed by atoms with E-state index in [9.17, 15) is 29.6 Å². The van der Waals surface area contributed by atoms with Crippen molar-refractivity contribution >= 4 is 47.1 Å². The van der Waals surface area contributed by atoms with Crippen molar-refractivity contribution < 1.29 is 29.2 Å². The fraction of sp³-hybridized carbons (Fsp3) is 0.545. The summed E-state index contributed by atoms with van der Waals surface area (Å²) in [5.74, 6) is 1.01. The number of carbonyl (C=O) groups is 3. The Balaban J connectivity index is 1.59. The molecule has 3 atom stereocenters. The zero-order valence-corrected chi connectivity index (χ0v) is 28.2. The van der Waals surface area contributed by atoms with Crippen LogP contribution in [0.4, 0.5) is 10.5 Å². The maximum Gasteiger partial charge on any atom is 0.411 e. The van der Waals surface area contributed by atoms with Crippen molar-refractivity contribution in [3.63, 3.8) is 0 Å². The fourth-order valence-corrected chi connectivity index (χ4v) is 8.28. The Hall–Kier alpha value is -3.45. The average molecular weight is 673 g/mol. The van der Waals surface area contributed by atoms with E-state index in [0.29, 0.717) is 24.6 Å². The molecule has 4 rings (SSSR count). The van der Waals surface area contributed by atoms with Crippen LogP contribution in [0.1, 0.15) is 68.8 Å².